The van der Waals surface area contributed by atoms with Crippen LogP contribution < -0.4 is 16.0 Å². The molecule has 1 amide bonds. The zero-order chi connectivity index (χ0) is 25.4. The van der Waals surface area contributed by atoms with Gasteiger partial charge in [0.15, 0.2) is 18.1 Å². The van der Waals surface area contributed by atoms with E-state index in [1.54, 1.807) is 60.7 Å². The molecule has 0 radical (unpaired) electrons. The second-order valence-electron chi connectivity index (χ2n) is 7.68. The fraction of sp³-hybridized carbons (Fsp3) is 0.0400. The zero-order valence-electron chi connectivity index (χ0n) is 18.2. The first-order valence-electron chi connectivity index (χ1n) is 10.5. The van der Waals surface area contributed by atoms with E-state index in [-0.39, 0.29) is 28.8 Å². The van der Waals surface area contributed by atoms with Crippen LogP contribution in [0.2, 0.25) is 10.0 Å². The summed E-state index contributed by atoms with van der Waals surface area (Å²) >= 11 is 15.8. The average molecular weight is 586 g/mol. The molecule has 0 saturated heterocycles. The third-order valence-electron chi connectivity index (χ3n) is 5.15. The normalized spacial score (nSPS) is 11.5. The topological polar surface area (TPSA) is 113 Å². The fourth-order valence-electron chi connectivity index (χ4n) is 3.57. The van der Waals surface area contributed by atoms with Crippen molar-refractivity contribution in [1.82, 2.24) is 9.66 Å². The molecule has 8 nitrogen and oxygen atoms in total. The summed E-state index contributed by atoms with van der Waals surface area (Å²) < 4.78 is 13.0. The Morgan fingerprint density at radius 3 is 2.75 bits per heavy atom. The summed E-state index contributed by atoms with van der Waals surface area (Å²) in [6, 6.07) is 17.2. The van der Waals surface area contributed by atoms with E-state index < -0.39 is 5.91 Å². The van der Waals surface area contributed by atoms with Crippen LogP contribution in [-0.2, 0) is 4.79 Å². The van der Waals surface area contributed by atoms with E-state index in [9.17, 15) is 9.59 Å². The molecule has 0 spiro atoms. The number of hydrogen-bond acceptors (Lipinski definition) is 6. The molecule has 0 bridgehead atoms. The average Bonchev–Trinajstić information content (AvgIpc) is 3.25. The van der Waals surface area contributed by atoms with Gasteiger partial charge in [0.25, 0.3) is 11.5 Å². The van der Waals surface area contributed by atoms with Gasteiger partial charge in [-0.2, -0.15) is 9.78 Å². The van der Waals surface area contributed by atoms with Crippen LogP contribution in [0, 0.1) is 0 Å². The molecule has 0 aliphatic heterocycles. The number of nitrogens with two attached hydrogens (primary N) is 1. The summed E-state index contributed by atoms with van der Waals surface area (Å²) in [5.41, 5.74) is 6.41. The zero-order valence-corrected chi connectivity index (χ0v) is 21.3. The molecular formula is C25H15BrCl2N4O4. The highest BCUT2D eigenvalue weighted by atomic mass is 79.9. The Kier molecular flexibility index (Phi) is 6.53. The number of furan rings is 1. The number of para-hydroxylation sites is 1. The number of ether oxygens (including phenoxy) is 1. The molecule has 0 saturated carbocycles. The largest absolute Gasteiger partial charge is 0.481 e. The molecule has 0 atom stereocenters. The first kappa shape index (κ1) is 24.1. The molecule has 0 aliphatic carbocycles. The van der Waals surface area contributed by atoms with Gasteiger partial charge in [-0.3, -0.25) is 9.59 Å². The lowest BCUT2D eigenvalue weighted by atomic mass is 10.2. The molecule has 3 aromatic carbocycles. The molecule has 5 aromatic rings. The number of aromatic nitrogens is 2. The number of carbonyl (C=O) groups excluding carboxylic acids is 1. The first-order valence-corrected chi connectivity index (χ1v) is 12.0. The number of halogens is 3. The van der Waals surface area contributed by atoms with Crippen molar-refractivity contribution in [2.24, 2.45) is 10.8 Å². The Labute approximate surface area is 222 Å². The van der Waals surface area contributed by atoms with Gasteiger partial charge in [-0.1, -0.05) is 35.3 Å². The van der Waals surface area contributed by atoms with E-state index in [0.29, 0.717) is 37.3 Å². The highest BCUT2D eigenvalue weighted by Gasteiger charge is 2.17. The highest BCUT2D eigenvalue weighted by molar-refractivity contribution is 9.10. The predicted octanol–water partition coefficient (Wildman–Crippen LogP) is 5.63. The lowest BCUT2D eigenvalue weighted by molar-refractivity contribution is -0.119. The quantitative estimate of drug-likeness (QED) is 0.260. The van der Waals surface area contributed by atoms with Crippen LogP contribution in [0.1, 0.15) is 5.56 Å². The van der Waals surface area contributed by atoms with Gasteiger partial charge in [-0.15, -0.1) is 0 Å². The minimum atomic E-state index is -0.632. The monoisotopic (exact) mass is 584 g/mol. The van der Waals surface area contributed by atoms with Crippen LogP contribution in [0.5, 0.6) is 5.75 Å². The lowest BCUT2D eigenvalue weighted by Crippen LogP contribution is -2.20. The van der Waals surface area contributed by atoms with Crippen molar-refractivity contribution in [3.63, 3.8) is 0 Å². The maximum atomic E-state index is 13.4. The van der Waals surface area contributed by atoms with Crippen molar-refractivity contribution in [3.8, 4) is 17.3 Å². The molecule has 0 fully saturated rings. The summed E-state index contributed by atoms with van der Waals surface area (Å²) in [5.74, 6) is 0.196. The Hall–Kier alpha value is -3.66. The Balaban J connectivity index is 1.62. The van der Waals surface area contributed by atoms with Crippen molar-refractivity contribution in [2.45, 2.75) is 0 Å². The second kappa shape index (κ2) is 9.77. The standard InChI is InChI=1S/C25H15BrCl2N4O4/c26-17-7-13(8-18(28)23(17)35-12-22(29)33)11-30-32-24(31-19-4-2-1-3-16(19)25(32)34)21-10-14-9-15(27)5-6-20(14)36-21/h1-11H,12H2,(H2,29,33). The summed E-state index contributed by atoms with van der Waals surface area (Å²) in [6.07, 6.45) is 1.45. The summed E-state index contributed by atoms with van der Waals surface area (Å²) in [4.78, 5) is 29.1. The van der Waals surface area contributed by atoms with Gasteiger partial charge >= 0.3 is 0 Å². The molecule has 0 aliphatic rings. The number of carbonyl (C=O) groups is 1. The van der Waals surface area contributed by atoms with Gasteiger partial charge < -0.3 is 14.9 Å². The van der Waals surface area contributed by atoms with Crippen molar-refractivity contribution in [1.29, 1.82) is 0 Å². The maximum Gasteiger partial charge on any atom is 0.282 e. The molecule has 2 aromatic heterocycles. The maximum absolute atomic E-state index is 13.4. The number of primary amides is 1. The molecular weight excluding hydrogens is 571 g/mol. The number of amides is 1. The Morgan fingerprint density at radius 1 is 1.17 bits per heavy atom. The molecule has 36 heavy (non-hydrogen) atoms. The smallest absolute Gasteiger partial charge is 0.282 e. The summed E-state index contributed by atoms with van der Waals surface area (Å²) in [7, 11) is 0. The Morgan fingerprint density at radius 2 is 1.97 bits per heavy atom. The molecule has 5 rings (SSSR count). The Bertz CT molecular complexity index is 1720. The molecule has 0 unspecified atom stereocenters. The van der Waals surface area contributed by atoms with Crippen LogP contribution >= 0.6 is 39.1 Å². The SMILES string of the molecule is NC(=O)COc1c(Cl)cc(C=Nn2c(-c3cc4cc(Cl)ccc4o3)nc3ccccc3c2=O)cc1Br. The summed E-state index contributed by atoms with van der Waals surface area (Å²) in [6.45, 7) is -0.323. The van der Waals surface area contributed by atoms with Gasteiger partial charge in [0, 0.05) is 10.4 Å². The minimum Gasteiger partial charge on any atom is -0.481 e. The van der Waals surface area contributed by atoms with Crippen molar-refractivity contribution >= 4 is 73.1 Å². The van der Waals surface area contributed by atoms with E-state index in [2.05, 4.69) is 26.0 Å². The molecule has 2 heterocycles. The molecule has 11 heteroatoms. The van der Waals surface area contributed by atoms with Gasteiger partial charge in [0.05, 0.1) is 26.6 Å². The first-order chi connectivity index (χ1) is 17.3. The third-order valence-corrected chi connectivity index (χ3v) is 6.26. The van der Waals surface area contributed by atoms with Crippen LogP contribution in [0.3, 0.4) is 0 Å². The highest BCUT2D eigenvalue weighted by Crippen LogP contribution is 2.34. The van der Waals surface area contributed by atoms with E-state index >= 15 is 0 Å². The van der Waals surface area contributed by atoms with Crippen molar-refractivity contribution in [2.75, 3.05) is 6.61 Å². The second-order valence-corrected chi connectivity index (χ2v) is 9.37. The van der Waals surface area contributed by atoms with Crippen LogP contribution in [0.4, 0.5) is 0 Å². The third kappa shape index (κ3) is 4.73. The van der Waals surface area contributed by atoms with Gasteiger partial charge in [-0.25, -0.2) is 4.98 Å². The fourth-order valence-corrected chi connectivity index (χ4v) is 4.74. The van der Waals surface area contributed by atoms with E-state index in [1.165, 1.54) is 10.9 Å². The van der Waals surface area contributed by atoms with E-state index in [1.807, 2.05) is 0 Å². The minimum absolute atomic E-state index is 0.217. The van der Waals surface area contributed by atoms with Gasteiger partial charge in [0.1, 0.15) is 5.58 Å². The van der Waals surface area contributed by atoms with Crippen molar-refractivity contribution < 1.29 is 13.9 Å². The molecule has 180 valence electrons. The number of nitrogens with zero attached hydrogens (tertiary/aromatic N) is 3. The number of rotatable bonds is 6. The van der Waals surface area contributed by atoms with Gasteiger partial charge in [-0.05, 0) is 70.0 Å². The lowest BCUT2D eigenvalue weighted by Gasteiger charge is -2.10. The van der Waals surface area contributed by atoms with Crippen LogP contribution in [-0.4, -0.2) is 28.4 Å². The van der Waals surface area contributed by atoms with Crippen LogP contribution in [0.15, 0.2) is 79.4 Å². The number of fused-ring (bicyclic) bond motifs is 2. The van der Waals surface area contributed by atoms with Gasteiger partial charge in [0.2, 0.25) is 5.82 Å². The predicted molar refractivity (Wildman–Crippen MR) is 143 cm³/mol. The van der Waals surface area contributed by atoms with E-state index in [4.69, 9.17) is 38.1 Å². The summed E-state index contributed by atoms with van der Waals surface area (Å²) in [5, 5.41) is 6.35. The molecule has 2 N–H and O–H groups in total. The van der Waals surface area contributed by atoms with Crippen LogP contribution in [0.25, 0.3) is 33.5 Å². The van der Waals surface area contributed by atoms with E-state index in [0.717, 1.165) is 5.39 Å². The van der Waals surface area contributed by atoms with Crippen molar-refractivity contribution in [3.05, 3.63) is 91.1 Å². The number of hydrogen-bond donors (Lipinski definition) is 1. The number of benzene rings is 3.